The first-order valence-corrected chi connectivity index (χ1v) is 9.88. The normalized spacial score (nSPS) is 14.5. The van der Waals surface area contributed by atoms with Gasteiger partial charge >= 0.3 is 5.97 Å². The molecule has 0 amide bonds. The number of hydrogen-bond acceptors (Lipinski definition) is 4. The van der Waals surface area contributed by atoms with Gasteiger partial charge in [-0.05, 0) is 60.9 Å². The van der Waals surface area contributed by atoms with Crippen molar-refractivity contribution in [3.8, 4) is 0 Å². The SMILES string of the molecule is CCC(O)C(C)(CC)c1cc(C(=O)c2ccc(Cl)cc2)c2oc(C(=O)O)cc2c1. The van der Waals surface area contributed by atoms with Crippen molar-refractivity contribution < 1.29 is 24.2 Å². The summed E-state index contributed by atoms with van der Waals surface area (Å²) in [5.74, 6) is -1.75. The number of rotatable bonds is 7. The lowest BCUT2D eigenvalue weighted by Gasteiger charge is -2.34. The number of aliphatic hydroxyl groups excluding tert-OH is 1. The van der Waals surface area contributed by atoms with E-state index in [0.717, 1.165) is 5.56 Å². The van der Waals surface area contributed by atoms with E-state index in [1.54, 1.807) is 36.4 Å². The maximum atomic E-state index is 13.2. The van der Waals surface area contributed by atoms with E-state index in [1.165, 1.54) is 6.07 Å². The van der Waals surface area contributed by atoms with Crippen LogP contribution in [0.4, 0.5) is 0 Å². The molecule has 1 heterocycles. The van der Waals surface area contributed by atoms with Gasteiger partial charge in [-0.15, -0.1) is 0 Å². The number of carboxylic acids is 1. The van der Waals surface area contributed by atoms with E-state index in [-0.39, 0.29) is 22.7 Å². The van der Waals surface area contributed by atoms with Crippen molar-refractivity contribution in [2.24, 2.45) is 0 Å². The van der Waals surface area contributed by atoms with E-state index < -0.39 is 17.5 Å². The van der Waals surface area contributed by atoms with Gasteiger partial charge in [-0.1, -0.05) is 32.4 Å². The largest absolute Gasteiger partial charge is 0.475 e. The zero-order chi connectivity index (χ0) is 21.3. The van der Waals surface area contributed by atoms with Crippen LogP contribution < -0.4 is 0 Å². The summed E-state index contributed by atoms with van der Waals surface area (Å²) >= 11 is 5.93. The van der Waals surface area contributed by atoms with Crippen molar-refractivity contribution in [1.82, 2.24) is 0 Å². The van der Waals surface area contributed by atoms with Crippen LogP contribution in [0.3, 0.4) is 0 Å². The Balaban J connectivity index is 2.27. The molecule has 0 bridgehead atoms. The van der Waals surface area contributed by atoms with Gasteiger partial charge in [0.25, 0.3) is 0 Å². The summed E-state index contributed by atoms with van der Waals surface area (Å²) in [4.78, 5) is 24.7. The summed E-state index contributed by atoms with van der Waals surface area (Å²) in [6, 6.07) is 11.4. The molecule has 0 spiro atoms. The van der Waals surface area contributed by atoms with Crippen molar-refractivity contribution in [2.75, 3.05) is 0 Å². The highest BCUT2D eigenvalue weighted by atomic mass is 35.5. The van der Waals surface area contributed by atoms with Gasteiger partial charge in [-0.2, -0.15) is 0 Å². The zero-order valence-electron chi connectivity index (χ0n) is 16.5. The van der Waals surface area contributed by atoms with Crippen molar-refractivity contribution in [3.05, 3.63) is 69.9 Å². The van der Waals surface area contributed by atoms with Gasteiger partial charge in [0.05, 0.1) is 11.7 Å². The molecule has 0 saturated heterocycles. The molecule has 2 N–H and O–H groups in total. The first-order valence-electron chi connectivity index (χ1n) is 9.51. The Labute approximate surface area is 173 Å². The minimum absolute atomic E-state index is 0.218. The molecule has 0 saturated carbocycles. The fourth-order valence-corrected chi connectivity index (χ4v) is 3.72. The monoisotopic (exact) mass is 414 g/mol. The Kier molecular flexibility index (Phi) is 5.82. The Hall–Kier alpha value is -2.63. The van der Waals surface area contributed by atoms with Crippen LogP contribution in [0.2, 0.25) is 5.02 Å². The molecule has 6 heteroatoms. The van der Waals surface area contributed by atoms with E-state index in [0.29, 0.717) is 28.8 Å². The standard InChI is InChI=1S/C23H23ClO5/c1-4-19(25)23(3,5-2)15-10-14-11-18(22(27)28)29-21(14)17(12-15)20(26)13-6-8-16(24)9-7-13/h6-12,19,25H,4-5H2,1-3H3,(H,27,28). The summed E-state index contributed by atoms with van der Waals surface area (Å²) in [7, 11) is 0. The van der Waals surface area contributed by atoms with Crippen molar-refractivity contribution >= 4 is 34.3 Å². The fraction of sp³-hybridized carbons (Fsp3) is 0.304. The molecular formula is C23H23ClO5. The van der Waals surface area contributed by atoms with Gasteiger partial charge in [0, 0.05) is 21.4 Å². The number of benzene rings is 2. The molecule has 0 aliphatic rings. The second-order valence-electron chi connectivity index (χ2n) is 7.39. The van der Waals surface area contributed by atoms with E-state index in [1.807, 2.05) is 20.8 Å². The van der Waals surface area contributed by atoms with E-state index in [9.17, 15) is 19.8 Å². The van der Waals surface area contributed by atoms with Gasteiger partial charge in [0.1, 0.15) is 5.58 Å². The zero-order valence-corrected chi connectivity index (χ0v) is 17.3. The van der Waals surface area contributed by atoms with E-state index >= 15 is 0 Å². The minimum Gasteiger partial charge on any atom is -0.475 e. The van der Waals surface area contributed by atoms with Gasteiger partial charge in [-0.25, -0.2) is 4.79 Å². The highest BCUT2D eigenvalue weighted by molar-refractivity contribution is 6.30. The summed E-state index contributed by atoms with van der Waals surface area (Å²) in [6.45, 7) is 5.82. The molecule has 3 aromatic rings. The van der Waals surface area contributed by atoms with Crippen LogP contribution in [0.5, 0.6) is 0 Å². The topological polar surface area (TPSA) is 87.7 Å². The van der Waals surface area contributed by atoms with E-state index in [4.69, 9.17) is 16.0 Å². The average molecular weight is 415 g/mol. The smallest absolute Gasteiger partial charge is 0.371 e. The predicted octanol–water partition coefficient (Wildman–Crippen LogP) is 5.45. The van der Waals surface area contributed by atoms with Crippen molar-refractivity contribution in [1.29, 1.82) is 0 Å². The summed E-state index contributed by atoms with van der Waals surface area (Å²) in [5.41, 5.74) is 1.05. The molecule has 5 nitrogen and oxygen atoms in total. The molecule has 2 aromatic carbocycles. The molecule has 0 radical (unpaired) electrons. The van der Waals surface area contributed by atoms with Crippen LogP contribution in [0, 0.1) is 0 Å². The average Bonchev–Trinajstić information content (AvgIpc) is 3.16. The molecule has 3 rings (SSSR count). The highest BCUT2D eigenvalue weighted by Crippen LogP contribution is 2.37. The van der Waals surface area contributed by atoms with Crippen LogP contribution in [-0.4, -0.2) is 28.1 Å². The summed E-state index contributed by atoms with van der Waals surface area (Å²) < 4.78 is 5.51. The number of aliphatic hydroxyl groups is 1. The van der Waals surface area contributed by atoms with Gasteiger partial charge in [0.2, 0.25) is 5.76 Å². The number of carbonyl (C=O) groups excluding carboxylic acids is 1. The second-order valence-corrected chi connectivity index (χ2v) is 7.83. The van der Waals surface area contributed by atoms with Crippen molar-refractivity contribution in [2.45, 2.75) is 45.1 Å². The Morgan fingerprint density at radius 3 is 2.34 bits per heavy atom. The Morgan fingerprint density at radius 2 is 1.79 bits per heavy atom. The second kappa shape index (κ2) is 8.01. The van der Waals surface area contributed by atoms with Crippen LogP contribution in [0.15, 0.2) is 46.9 Å². The number of ketones is 1. The maximum absolute atomic E-state index is 13.2. The van der Waals surface area contributed by atoms with Crippen LogP contribution in [-0.2, 0) is 5.41 Å². The lowest BCUT2D eigenvalue weighted by atomic mass is 9.73. The lowest BCUT2D eigenvalue weighted by molar-refractivity contribution is 0.0664. The van der Waals surface area contributed by atoms with Crippen LogP contribution in [0.25, 0.3) is 11.0 Å². The number of halogens is 1. The first-order chi connectivity index (χ1) is 13.7. The Morgan fingerprint density at radius 1 is 1.14 bits per heavy atom. The number of aromatic carboxylic acids is 1. The number of carbonyl (C=O) groups is 2. The molecule has 2 atom stereocenters. The first kappa shape index (κ1) is 21.1. The highest BCUT2D eigenvalue weighted by Gasteiger charge is 2.34. The number of furan rings is 1. The van der Waals surface area contributed by atoms with Gasteiger partial charge < -0.3 is 14.6 Å². The maximum Gasteiger partial charge on any atom is 0.371 e. The number of carboxylic acid groups (broad SMARTS) is 1. The van der Waals surface area contributed by atoms with Crippen LogP contribution >= 0.6 is 11.6 Å². The fourth-order valence-electron chi connectivity index (χ4n) is 3.60. The molecule has 0 fully saturated rings. The number of fused-ring (bicyclic) bond motifs is 1. The molecular weight excluding hydrogens is 392 g/mol. The van der Waals surface area contributed by atoms with Gasteiger partial charge in [-0.3, -0.25) is 4.79 Å². The third-order valence-electron chi connectivity index (χ3n) is 5.69. The van der Waals surface area contributed by atoms with Gasteiger partial charge in [0.15, 0.2) is 5.78 Å². The minimum atomic E-state index is -1.21. The molecule has 2 unspecified atom stereocenters. The van der Waals surface area contributed by atoms with Crippen molar-refractivity contribution in [3.63, 3.8) is 0 Å². The third-order valence-corrected chi connectivity index (χ3v) is 5.95. The summed E-state index contributed by atoms with van der Waals surface area (Å²) in [6.07, 6.45) is 0.578. The lowest BCUT2D eigenvalue weighted by Crippen LogP contribution is -2.35. The molecule has 0 aliphatic heterocycles. The third kappa shape index (κ3) is 3.80. The predicted molar refractivity (Wildman–Crippen MR) is 112 cm³/mol. The molecule has 1 aromatic heterocycles. The molecule has 152 valence electrons. The van der Waals surface area contributed by atoms with E-state index in [2.05, 4.69) is 0 Å². The summed E-state index contributed by atoms with van der Waals surface area (Å²) in [5, 5.41) is 21.0. The molecule has 0 aliphatic carbocycles. The van der Waals surface area contributed by atoms with Crippen LogP contribution in [0.1, 0.15) is 65.7 Å². The molecule has 29 heavy (non-hydrogen) atoms. The Bertz CT molecular complexity index is 1070. The number of hydrogen-bond donors (Lipinski definition) is 2. The quantitative estimate of drug-likeness (QED) is 0.501.